The van der Waals surface area contributed by atoms with Gasteiger partial charge in [0, 0.05) is 31.2 Å². The molecule has 0 aromatic carbocycles. The molecule has 3 heterocycles. The van der Waals surface area contributed by atoms with Crippen molar-refractivity contribution in [3.63, 3.8) is 0 Å². The van der Waals surface area contributed by atoms with Crippen molar-refractivity contribution < 1.29 is 4.42 Å². The van der Waals surface area contributed by atoms with Crippen LogP contribution in [0.25, 0.3) is 0 Å². The average molecular weight is 277 g/mol. The second kappa shape index (κ2) is 6.74. The quantitative estimate of drug-likeness (QED) is 0.916. The van der Waals surface area contributed by atoms with Crippen molar-refractivity contribution in [3.8, 4) is 0 Å². The zero-order chi connectivity index (χ0) is 13.8. The van der Waals surface area contributed by atoms with E-state index in [1.807, 2.05) is 12.3 Å². The maximum atomic E-state index is 5.98. The first kappa shape index (κ1) is 14.1. The lowest BCUT2D eigenvalue weighted by Gasteiger charge is -2.42. The van der Waals surface area contributed by atoms with Crippen LogP contribution in [0, 0.1) is 0 Å². The second-order valence-electron chi connectivity index (χ2n) is 6.17. The summed E-state index contributed by atoms with van der Waals surface area (Å²) in [5.41, 5.74) is 7.20. The minimum atomic E-state index is 0.330. The molecule has 4 heteroatoms. The Morgan fingerprint density at radius 1 is 1.15 bits per heavy atom. The number of hydrogen-bond acceptors (Lipinski definition) is 4. The van der Waals surface area contributed by atoms with E-state index < -0.39 is 0 Å². The first-order valence-corrected chi connectivity index (χ1v) is 8.09. The highest BCUT2D eigenvalue weighted by Gasteiger charge is 2.29. The lowest BCUT2D eigenvalue weighted by molar-refractivity contribution is 0.0734. The van der Waals surface area contributed by atoms with Crippen molar-refractivity contribution in [2.24, 2.45) is 5.73 Å². The second-order valence-corrected chi connectivity index (χ2v) is 6.17. The maximum absolute atomic E-state index is 5.98. The highest BCUT2D eigenvalue weighted by molar-refractivity contribution is 5.12. The molecule has 4 nitrogen and oxygen atoms in total. The van der Waals surface area contributed by atoms with Gasteiger partial charge < -0.3 is 15.1 Å². The van der Waals surface area contributed by atoms with E-state index in [-0.39, 0.29) is 0 Å². The third-order valence-corrected chi connectivity index (χ3v) is 5.00. The Morgan fingerprint density at radius 3 is 2.50 bits per heavy atom. The Kier molecular flexibility index (Phi) is 4.76. The van der Waals surface area contributed by atoms with E-state index in [0.29, 0.717) is 12.6 Å². The fraction of sp³-hybridized carbons (Fsp3) is 0.750. The molecule has 0 spiro atoms. The van der Waals surface area contributed by atoms with E-state index in [1.165, 1.54) is 50.8 Å². The van der Waals surface area contributed by atoms with Crippen molar-refractivity contribution in [2.45, 2.75) is 44.2 Å². The number of nitrogens with two attached hydrogens (primary N) is 1. The van der Waals surface area contributed by atoms with Crippen molar-refractivity contribution in [2.75, 3.05) is 32.7 Å². The molecular formula is C16H27N3O. The summed E-state index contributed by atoms with van der Waals surface area (Å²) in [7, 11) is 0. The van der Waals surface area contributed by atoms with Gasteiger partial charge in [-0.2, -0.15) is 0 Å². The number of nitrogens with zero attached hydrogens (tertiary/aromatic N) is 2. The summed E-state index contributed by atoms with van der Waals surface area (Å²) in [5.74, 6) is 0. The van der Waals surface area contributed by atoms with Crippen LogP contribution in [0.5, 0.6) is 0 Å². The topological polar surface area (TPSA) is 45.6 Å². The predicted octanol–water partition coefficient (Wildman–Crippen LogP) is 2.23. The van der Waals surface area contributed by atoms with Gasteiger partial charge in [0.05, 0.1) is 18.6 Å². The molecule has 2 N–H and O–H groups in total. The first-order valence-electron chi connectivity index (χ1n) is 8.09. The summed E-state index contributed by atoms with van der Waals surface area (Å²) in [4.78, 5) is 5.25. The Bertz CT molecular complexity index is 378. The summed E-state index contributed by atoms with van der Waals surface area (Å²) in [6.07, 6.45) is 10.4. The Balaban J connectivity index is 1.54. The molecule has 0 radical (unpaired) electrons. The minimum Gasteiger partial charge on any atom is -0.472 e. The molecule has 1 aromatic heterocycles. The first-order chi connectivity index (χ1) is 9.88. The van der Waals surface area contributed by atoms with Gasteiger partial charge in [-0.1, -0.05) is 6.42 Å². The monoisotopic (exact) mass is 277 g/mol. The van der Waals surface area contributed by atoms with Crippen LogP contribution in [-0.2, 0) is 0 Å². The fourth-order valence-electron chi connectivity index (χ4n) is 3.81. The van der Waals surface area contributed by atoms with Crippen LogP contribution < -0.4 is 5.73 Å². The van der Waals surface area contributed by atoms with E-state index in [0.717, 1.165) is 19.1 Å². The molecule has 2 aliphatic heterocycles. The number of hydrogen-bond donors (Lipinski definition) is 1. The molecular weight excluding hydrogens is 250 g/mol. The number of piperidine rings is 2. The van der Waals surface area contributed by atoms with E-state index in [9.17, 15) is 0 Å². The van der Waals surface area contributed by atoms with Crippen LogP contribution in [0.15, 0.2) is 23.0 Å². The molecule has 20 heavy (non-hydrogen) atoms. The van der Waals surface area contributed by atoms with Gasteiger partial charge in [-0.3, -0.25) is 4.90 Å². The average Bonchev–Trinajstić information content (AvgIpc) is 3.04. The molecule has 2 aliphatic rings. The molecule has 1 atom stereocenters. The zero-order valence-corrected chi connectivity index (χ0v) is 12.3. The van der Waals surface area contributed by atoms with Crippen LogP contribution in [0.2, 0.25) is 0 Å². The lowest BCUT2D eigenvalue weighted by Crippen LogP contribution is -2.48. The highest BCUT2D eigenvalue weighted by Crippen LogP contribution is 2.27. The van der Waals surface area contributed by atoms with Crippen molar-refractivity contribution >= 4 is 0 Å². The normalized spacial score (nSPS) is 24.9. The fourth-order valence-corrected chi connectivity index (χ4v) is 3.81. The molecule has 0 amide bonds. The third-order valence-electron chi connectivity index (χ3n) is 5.00. The minimum absolute atomic E-state index is 0.330. The molecule has 2 saturated heterocycles. The van der Waals surface area contributed by atoms with Gasteiger partial charge in [-0.25, -0.2) is 0 Å². The molecule has 0 saturated carbocycles. The van der Waals surface area contributed by atoms with Crippen LogP contribution in [0.4, 0.5) is 0 Å². The summed E-state index contributed by atoms with van der Waals surface area (Å²) >= 11 is 0. The van der Waals surface area contributed by atoms with Crippen molar-refractivity contribution in [1.82, 2.24) is 9.80 Å². The number of likely N-dealkylation sites (tertiary alicyclic amines) is 2. The maximum Gasteiger partial charge on any atom is 0.0950 e. The number of furan rings is 1. The van der Waals surface area contributed by atoms with Gasteiger partial charge in [0.1, 0.15) is 0 Å². The molecule has 1 aromatic rings. The lowest BCUT2D eigenvalue weighted by atomic mass is 9.97. The largest absolute Gasteiger partial charge is 0.472 e. The molecule has 112 valence electrons. The SMILES string of the molecule is NCC(c1ccoc1)N1CCC(N2CCCCC2)CC1. The summed E-state index contributed by atoms with van der Waals surface area (Å²) in [6, 6.07) is 3.18. The Morgan fingerprint density at radius 2 is 1.90 bits per heavy atom. The van der Waals surface area contributed by atoms with Crippen LogP contribution in [0.1, 0.15) is 43.7 Å². The summed E-state index contributed by atoms with van der Waals surface area (Å²) < 4.78 is 5.21. The van der Waals surface area contributed by atoms with Crippen molar-refractivity contribution in [3.05, 3.63) is 24.2 Å². The van der Waals surface area contributed by atoms with Gasteiger partial charge in [0.15, 0.2) is 0 Å². The van der Waals surface area contributed by atoms with Crippen molar-refractivity contribution in [1.29, 1.82) is 0 Å². The molecule has 1 unspecified atom stereocenters. The zero-order valence-electron chi connectivity index (χ0n) is 12.3. The summed E-state index contributed by atoms with van der Waals surface area (Å²) in [6.45, 7) is 5.62. The third kappa shape index (κ3) is 3.08. The molecule has 0 aliphatic carbocycles. The molecule has 3 rings (SSSR count). The van der Waals surface area contributed by atoms with Gasteiger partial charge in [0.25, 0.3) is 0 Å². The van der Waals surface area contributed by atoms with E-state index >= 15 is 0 Å². The molecule has 0 bridgehead atoms. The van der Waals surface area contributed by atoms with E-state index in [1.54, 1.807) is 6.26 Å². The Labute approximate surface area is 121 Å². The van der Waals surface area contributed by atoms with Gasteiger partial charge in [-0.15, -0.1) is 0 Å². The predicted molar refractivity (Wildman–Crippen MR) is 80.5 cm³/mol. The van der Waals surface area contributed by atoms with Crippen LogP contribution >= 0.6 is 0 Å². The summed E-state index contributed by atoms with van der Waals surface area (Å²) in [5, 5.41) is 0. The molecule has 2 fully saturated rings. The van der Waals surface area contributed by atoms with E-state index in [2.05, 4.69) is 9.80 Å². The van der Waals surface area contributed by atoms with Gasteiger partial charge in [-0.05, 0) is 44.8 Å². The van der Waals surface area contributed by atoms with Gasteiger partial charge in [0.2, 0.25) is 0 Å². The smallest absolute Gasteiger partial charge is 0.0950 e. The van der Waals surface area contributed by atoms with Gasteiger partial charge >= 0.3 is 0 Å². The van der Waals surface area contributed by atoms with Crippen LogP contribution in [-0.4, -0.2) is 48.6 Å². The van der Waals surface area contributed by atoms with Crippen LogP contribution in [0.3, 0.4) is 0 Å². The highest BCUT2D eigenvalue weighted by atomic mass is 16.3. The number of rotatable bonds is 4. The van der Waals surface area contributed by atoms with E-state index in [4.69, 9.17) is 10.2 Å². The standard InChI is InChI=1S/C16H27N3O/c17-12-16(14-6-11-20-13-14)19-9-4-15(5-10-19)18-7-2-1-3-8-18/h6,11,13,15-16H,1-5,7-10,12,17H2. The Hall–Kier alpha value is -0.840.